The van der Waals surface area contributed by atoms with Gasteiger partial charge >= 0.3 is 15.5 Å². The second kappa shape index (κ2) is 8.69. The molecule has 1 heterocycles. The van der Waals surface area contributed by atoms with Crippen LogP contribution in [0.3, 0.4) is 0 Å². The summed E-state index contributed by atoms with van der Waals surface area (Å²) in [6.07, 6.45) is 1.36. The summed E-state index contributed by atoms with van der Waals surface area (Å²) < 4.78 is 65.6. The van der Waals surface area contributed by atoms with Crippen LogP contribution in [0.15, 0.2) is 4.99 Å². The van der Waals surface area contributed by atoms with Gasteiger partial charge in [0.2, 0.25) is 0 Å². The Morgan fingerprint density at radius 3 is 2.43 bits per heavy atom. The highest BCUT2D eigenvalue weighted by atomic mass is 32.2. The fourth-order valence-electron chi connectivity index (χ4n) is 2.20. The van der Waals surface area contributed by atoms with Crippen LogP contribution in [0.1, 0.15) is 19.3 Å². The zero-order valence-electron chi connectivity index (χ0n) is 13.2. The molecular weight excluding hydrogens is 337 g/mol. The van der Waals surface area contributed by atoms with Gasteiger partial charge in [0, 0.05) is 46.4 Å². The Kier molecular flexibility index (Phi) is 7.55. The average molecular weight is 360 g/mol. The Labute approximate surface area is 134 Å². The molecule has 0 aromatic carbocycles. The van der Waals surface area contributed by atoms with Crippen LogP contribution < -0.4 is 10.6 Å². The highest BCUT2D eigenvalue weighted by molar-refractivity contribution is 7.90. The summed E-state index contributed by atoms with van der Waals surface area (Å²) >= 11 is 0. The molecule has 0 aliphatic carbocycles. The molecule has 23 heavy (non-hydrogen) atoms. The monoisotopic (exact) mass is 360 g/mol. The second-order valence-corrected chi connectivity index (χ2v) is 7.04. The SMILES string of the molecule is CN=C(NCCCOC)NC1CCN(S(=O)(=O)C(F)(F)F)CC1. The number of ether oxygens (including phenoxy) is 1. The molecule has 1 aliphatic heterocycles. The van der Waals surface area contributed by atoms with Crippen LogP contribution in [0.4, 0.5) is 13.2 Å². The van der Waals surface area contributed by atoms with Crippen molar-refractivity contribution in [2.24, 2.45) is 4.99 Å². The van der Waals surface area contributed by atoms with Gasteiger partial charge in [0.15, 0.2) is 5.96 Å². The molecular formula is C12H23F3N4O3S. The van der Waals surface area contributed by atoms with Crippen molar-refractivity contribution in [2.45, 2.75) is 30.8 Å². The molecule has 1 fully saturated rings. The lowest BCUT2D eigenvalue weighted by Gasteiger charge is -2.32. The summed E-state index contributed by atoms with van der Waals surface area (Å²) in [6.45, 7) is 0.923. The molecule has 7 nitrogen and oxygen atoms in total. The largest absolute Gasteiger partial charge is 0.511 e. The molecule has 0 unspecified atom stereocenters. The van der Waals surface area contributed by atoms with Crippen molar-refractivity contribution in [3.63, 3.8) is 0 Å². The Morgan fingerprint density at radius 2 is 1.96 bits per heavy atom. The molecule has 0 aromatic heterocycles. The number of methoxy groups -OCH3 is 1. The minimum Gasteiger partial charge on any atom is -0.385 e. The van der Waals surface area contributed by atoms with E-state index in [4.69, 9.17) is 4.74 Å². The van der Waals surface area contributed by atoms with E-state index in [-0.39, 0.29) is 32.0 Å². The second-order valence-electron chi connectivity index (χ2n) is 5.11. The van der Waals surface area contributed by atoms with Gasteiger partial charge in [-0.25, -0.2) is 8.42 Å². The quantitative estimate of drug-likeness (QED) is 0.410. The maximum absolute atomic E-state index is 12.5. The first-order valence-electron chi connectivity index (χ1n) is 7.25. The van der Waals surface area contributed by atoms with Crippen molar-refractivity contribution >= 4 is 16.0 Å². The molecule has 0 spiro atoms. The number of halogens is 3. The first-order chi connectivity index (χ1) is 10.7. The van der Waals surface area contributed by atoms with Gasteiger partial charge in [0.05, 0.1) is 0 Å². The molecule has 136 valence electrons. The van der Waals surface area contributed by atoms with Crippen molar-refractivity contribution in [2.75, 3.05) is 40.4 Å². The third kappa shape index (κ3) is 5.81. The van der Waals surface area contributed by atoms with E-state index in [1.807, 2.05) is 0 Å². The average Bonchev–Trinajstić information content (AvgIpc) is 2.49. The molecule has 2 N–H and O–H groups in total. The van der Waals surface area contributed by atoms with Crippen LogP contribution in [0.2, 0.25) is 0 Å². The van der Waals surface area contributed by atoms with Crippen LogP contribution in [0, 0.1) is 0 Å². The molecule has 1 rings (SSSR count). The summed E-state index contributed by atoms with van der Waals surface area (Å²) in [5.41, 5.74) is -5.24. The zero-order chi connectivity index (χ0) is 17.5. The summed E-state index contributed by atoms with van der Waals surface area (Å²) in [7, 11) is -2.03. The summed E-state index contributed by atoms with van der Waals surface area (Å²) in [5, 5.41) is 6.15. The van der Waals surface area contributed by atoms with Crippen molar-refractivity contribution in [3.8, 4) is 0 Å². The van der Waals surface area contributed by atoms with E-state index >= 15 is 0 Å². The molecule has 0 bridgehead atoms. The lowest BCUT2D eigenvalue weighted by atomic mass is 10.1. The number of piperidine rings is 1. The molecule has 0 amide bonds. The topological polar surface area (TPSA) is 83.0 Å². The maximum atomic E-state index is 12.5. The van der Waals surface area contributed by atoms with Crippen molar-refractivity contribution in [1.29, 1.82) is 0 Å². The predicted octanol–water partition coefficient (Wildman–Crippen LogP) is 0.502. The molecule has 0 atom stereocenters. The standard InChI is InChI=1S/C12H23F3N4O3S/c1-16-11(17-6-3-9-22-2)18-10-4-7-19(8-5-10)23(20,21)12(13,14)15/h10H,3-9H2,1-2H3,(H2,16,17,18). The normalized spacial score (nSPS) is 18.9. The third-order valence-electron chi connectivity index (χ3n) is 3.47. The van der Waals surface area contributed by atoms with Crippen LogP contribution in [0.25, 0.3) is 0 Å². The fraction of sp³-hybridized carbons (Fsp3) is 0.917. The smallest absolute Gasteiger partial charge is 0.385 e. The van der Waals surface area contributed by atoms with E-state index in [1.54, 1.807) is 14.2 Å². The van der Waals surface area contributed by atoms with Gasteiger partial charge in [-0.05, 0) is 19.3 Å². The number of hydrogen-bond acceptors (Lipinski definition) is 4. The minimum absolute atomic E-state index is 0.122. The van der Waals surface area contributed by atoms with Gasteiger partial charge in [0.25, 0.3) is 0 Å². The third-order valence-corrected chi connectivity index (χ3v) is 5.10. The van der Waals surface area contributed by atoms with Crippen LogP contribution >= 0.6 is 0 Å². The molecule has 1 aliphatic rings. The van der Waals surface area contributed by atoms with E-state index in [0.29, 0.717) is 23.4 Å². The Hall–Kier alpha value is -1.07. The summed E-state index contributed by atoms with van der Waals surface area (Å²) in [6, 6.07) is -0.122. The number of guanidine groups is 1. The Bertz CT molecular complexity index is 488. The summed E-state index contributed by atoms with van der Waals surface area (Å²) in [5.74, 6) is 0.540. The number of nitrogens with one attached hydrogen (secondary N) is 2. The summed E-state index contributed by atoms with van der Waals surface area (Å²) in [4.78, 5) is 4.03. The number of rotatable bonds is 6. The van der Waals surface area contributed by atoms with E-state index in [0.717, 1.165) is 6.42 Å². The van der Waals surface area contributed by atoms with Crippen LogP contribution in [-0.4, -0.2) is 70.6 Å². The number of sulfonamides is 1. The van der Waals surface area contributed by atoms with Gasteiger partial charge < -0.3 is 15.4 Å². The maximum Gasteiger partial charge on any atom is 0.511 e. The van der Waals surface area contributed by atoms with Gasteiger partial charge in [-0.1, -0.05) is 0 Å². The minimum atomic E-state index is -5.24. The molecule has 0 radical (unpaired) electrons. The predicted molar refractivity (Wildman–Crippen MR) is 80.6 cm³/mol. The van der Waals surface area contributed by atoms with E-state index in [9.17, 15) is 21.6 Å². The lowest BCUT2D eigenvalue weighted by Crippen LogP contribution is -2.51. The first kappa shape index (κ1) is 20.0. The van der Waals surface area contributed by atoms with Crippen LogP contribution in [-0.2, 0) is 14.8 Å². The zero-order valence-corrected chi connectivity index (χ0v) is 14.0. The van der Waals surface area contributed by atoms with Crippen molar-refractivity contribution in [3.05, 3.63) is 0 Å². The lowest BCUT2D eigenvalue weighted by molar-refractivity contribution is -0.0494. The molecule has 1 saturated heterocycles. The molecule has 11 heteroatoms. The Morgan fingerprint density at radius 1 is 1.35 bits per heavy atom. The molecule has 0 saturated carbocycles. The molecule has 0 aromatic rings. The van der Waals surface area contributed by atoms with Gasteiger partial charge in [-0.2, -0.15) is 17.5 Å². The van der Waals surface area contributed by atoms with Gasteiger partial charge in [-0.3, -0.25) is 4.99 Å². The first-order valence-corrected chi connectivity index (χ1v) is 8.69. The van der Waals surface area contributed by atoms with E-state index in [2.05, 4.69) is 15.6 Å². The number of hydrogen-bond donors (Lipinski definition) is 2. The number of nitrogens with zero attached hydrogens (tertiary/aromatic N) is 2. The fourth-order valence-corrected chi connectivity index (χ4v) is 3.18. The van der Waals surface area contributed by atoms with Crippen molar-refractivity contribution in [1.82, 2.24) is 14.9 Å². The number of aliphatic imine (C=N–C) groups is 1. The van der Waals surface area contributed by atoms with Gasteiger partial charge in [-0.15, -0.1) is 0 Å². The van der Waals surface area contributed by atoms with Gasteiger partial charge in [0.1, 0.15) is 0 Å². The highest BCUT2D eigenvalue weighted by Crippen LogP contribution is 2.28. The van der Waals surface area contributed by atoms with Crippen LogP contribution in [0.5, 0.6) is 0 Å². The number of alkyl halides is 3. The van der Waals surface area contributed by atoms with E-state index < -0.39 is 15.5 Å². The van der Waals surface area contributed by atoms with E-state index in [1.165, 1.54) is 0 Å². The highest BCUT2D eigenvalue weighted by Gasteiger charge is 2.50. The Balaban J connectivity index is 2.44. The van der Waals surface area contributed by atoms with Crippen molar-refractivity contribution < 1.29 is 26.3 Å².